The van der Waals surface area contributed by atoms with Gasteiger partial charge in [-0.25, -0.2) is 9.97 Å². The molecule has 0 bridgehead atoms. The normalized spacial score (nSPS) is 10.3. The molecule has 0 aromatic carbocycles. The Labute approximate surface area is 86.9 Å². The number of anilines is 1. The molecule has 15 heavy (non-hydrogen) atoms. The Bertz CT molecular complexity index is 479. The summed E-state index contributed by atoms with van der Waals surface area (Å²) >= 11 is 0. The molecule has 0 spiro atoms. The second-order valence-corrected chi connectivity index (χ2v) is 3.11. The van der Waals surface area contributed by atoms with Crippen LogP contribution < -0.4 is 10.5 Å². The van der Waals surface area contributed by atoms with Crippen molar-refractivity contribution in [1.29, 1.82) is 0 Å². The highest BCUT2D eigenvalue weighted by Gasteiger charge is 2.07. The number of oxazole rings is 1. The van der Waals surface area contributed by atoms with Gasteiger partial charge in [0.15, 0.2) is 5.76 Å². The minimum atomic E-state index is 0.151. The second-order valence-electron chi connectivity index (χ2n) is 3.11. The molecule has 0 saturated carbocycles. The van der Waals surface area contributed by atoms with Crippen LogP contribution in [0, 0.1) is 6.92 Å². The van der Waals surface area contributed by atoms with Crippen LogP contribution in [-0.2, 0) is 0 Å². The first-order chi connectivity index (χ1) is 7.20. The molecular weight excluding hydrogens is 194 g/mol. The maximum absolute atomic E-state index is 5.39. The number of aryl methyl sites for hydroxylation is 1. The van der Waals surface area contributed by atoms with Crippen LogP contribution in [0.15, 0.2) is 22.9 Å². The number of hydrogen-bond acceptors (Lipinski definition) is 5. The molecule has 2 aromatic heterocycles. The molecule has 0 unspecified atom stereocenters. The number of methoxy groups -OCH3 is 1. The van der Waals surface area contributed by atoms with Crippen LogP contribution in [0.2, 0.25) is 0 Å². The van der Waals surface area contributed by atoms with Gasteiger partial charge in [-0.1, -0.05) is 0 Å². The third kappa shape index (κ3) is 1.76. The largest absolute Gasteiger partial charge is 0.481 e. The molecule has 0 saturated heterocycles. The zero-order valence-corrected chi connectivity index (χ0v) is 8.52. The summed E-state index contributed by atoms with van der Waals surface area (Å²) in [5.74, 6) is 1.21. The minimum absolute atomic E-state index is 0.151. The molecule has 0 amide bonds. The number of rotatable bonds is 2. The highest BCUT2D eigenvalue weighted by Crippen LogP contribution is 2.24. The first-order valence-electron chi connectivity index (χ1n) is 4.43. The number of pyridine rings is 1. The summed E-state index contributed by atoms with van der Waals surface area (Å²) in [5.41, 5.74) is 7.15. The maximum atomic E-state index is 5.39. The van der Waals surface area contributed by atoms with Crippen molar-refractivity contribution in [2.75, 3.05) is 12.8 Å². The van der Waals surface area contributed by atoms with Gasteiger partial charge in [0.25, 0.3) is 6.01 Å². The molecule has 2 aromatic rings. The average Bonchev–Trinajstić information content (AvgIpc) is 2.65. The van der Waals surface area contributed by atoms with Crippen LogP contribution in [0.4, 0.5) is 6.01 Å². The molecule has 5 nitrogen and oxygen atoms in total. The number of nitrogens with two attached hydrogens (primary N) is 1. The maximum Gasteiger partial charge on any atom is 0.292 e. The van der Waals surface area contributed by atoms with Crippen LogP contribution in [0.5, 0.6) is 5.88 Å². The fourth-order valence-electron chi connectivity index (χ4n) is 1.33. The van der Waals surface area contributed by atoms with Gasteiger partial charge in [-0.15, -0.1) is 0 Å². The van der Waals surface area contributed by atoms with E-state index in [1.54, 1.807) is 19.5 Å². The van der Waals surface area contributed by atoms with Crippen molar-refractivity contribution in [1.82, 2.24) is 9.97 Å². The van der Waals surface area contributed by atoms with Gasteiger partial charge in [0.2, 0.25) is 5.88 Å². The number of ether oxygens (including phenoxy) is 1. The van der Waals surface area contributed by atoms with Crippen LogP contribution in [-0.4, -0.2) is 17.1 Å². The molecule has 0 radical (unpaired) electrons. The molecule has 0 fully saturated rings. The first kappa shape index (κ1) is 9.51. The summed E-state index contributed by atoms with van der Waals surface area (Å²) in [6.45, 7) is 1.91. The van der Waals surface area contributed by atoms with Gasteiger partial charge in [0.1, 0.15) is 0 Å². The molecule has 78 valence electrons. The van der Waals surface area contributed by atoms with Crippen molar-refractivity contribution in [3.63, 3.8) is 0 Å². The van der Waals surface area contributed by atoms with E-state index in [4.69, 9.17) is 14.9 Å². The number of nitrogens with zero attached hydrogens (tertiary/aromatic N) is 2. The topological polar surface area (TPSA) is 74.2 Å². The molecule has 5 heteroatoms. The lowest BCUT2D eigenvalue weighted by atomic mass is 10.2. The fourth-order valence-corrected chi connectivity index (χ4v) is 1.33. The molecule has 0 aliphatic rings. The van der Waals surface area contributed by atoms with Gasteiger partial charge in [-0.2, -0.15) is 0 Å². The predicted octanol–water partition coefficient (Wildman–Crippen LogP) is 1.64. The number of aromatic nitrogens is 2. The molecule has 0 atom stereocenters. The lowest BCUT2D eigenvalue weighted by Gasteiger charge is -2.03. The van der Waals surface area contributed by atoms with Crippen molar-refractivity contribution in [2.24, 2.45) is 0 Å². The Morgan fingerprint density at radius 1 is 1.33 bits per heavy atom. The lowest BCUT2D eigenvalue weighted by Crippen LogP contribution is -1.91. The summed E-state index contributed by atoms with van der Waals surface area (Å²) in [6, 6.07) is 2.06. The molecule has 0 aliphatic carbocycles. The Morgan fingerprint density at radius 2 is 2.13 bits per heavy atom. The van der Waals surface area contributed by atoms with Gasteiger partial charge in [0, 0.05) is 17.3 Å². The SMILES string of the molecule is COc1ncc(-c2cnc(N)o2)cc1C. The Morgan fingerprint density at radius 3 is 2.67 bits per heavy atom. The Kier molecular flexibility index (Phi) is 2.29. The average molecular weight is 205 g/mol. The highest BCUT2D eigenvalue weighted by molar-refractivity contribution is 5.58. The minimum Gasteiger partial charge on any atom is -0.481 e. The van der Waals surface area contributed by atoms with Crippen molar-refractivity contribution in [2.45, 2.75) is 6.92 Å². The molecular formula is C10H11N3O2. The summed E-state index contributed by atoms with van der Waals surface area (Å²) in [7, 11) is 1.58. The van der Waals surface area contributed by atoms with E-state index in [9.17, 15) is 0 Å². The van der Waals surface area contributed by atoms with Crippen molar-refractivity contribution in [3.05, 3.63) is 24.0 Å². The van der Waals surface area contributed by atoms with Gasteiger partial charge in [0.05, 0.1) is 13.3 Å². The van der Waals surface area contributed by atoms with E-state index in [1.165, 1.54) is 0 Å². The smallest absolute Gasteiger partial charge is 0.292 e. The van der Waals surface area contributed by atoms with Gasteiger partial charge < -0.3 is 14.9 Å². The van der Waals surface area contributed by atoms with Crippen LogP contribution in [0.1, 0.15) is 5.56 Å². The Hall–Kier alpha value is -2.04. The monoisotopic (exact) mass is 205 g/mol. The first-order valence-corrected chi connectivity index (χ1v) is 4.43. The molecule has 2 heterocycles. The van der Waals surface area contributed by atoms with E-state index >= 15 is 0 Å². The van der Waals surface area contributed by atoms with Crippen LogP contribution >= 0.6 is 0 Å². The zero-order valence-electron chi connectivity index (χ0n) is 8.52. The summed E-state index contributed by atoms with van der Waals surface area (Å²) < 4.78 is 10.2. The second kappa shape index (κ2) is 3.61. The van der Waals surface area contributed by atoms with Crippen molar-refractivity contribution >= 4 is 6.01 Å². The highest BCUT2D eigenvalue weighted by atomic mass is 16.5. The van der Waals surface area contributed by atoms with Crippen molar-refractivity contribution in [3.8, 4) is 17.2 Å². The van der Waals surface area contributed by atoms with Crippen LogP contribution in [0.25, 0.3) is 11.3 Å². The summed E-state index contributed by atoms with van der Waals surface area (Å²) in [6.07, 6.45) is 3.23. The summed E-state index contributed by atoms with van der Waals surface area (Å²) in [4.78, 5) is 7.95. The standard InChI is InChI=1S/C10H11N3O2/c1-6-3-7(4-12-9(6)14-2)8-5-13-10(11)15-8/h3-5H,1-2H3,(H2,11,13). The molecule has 2 rings (SSSR count). The zero-order chi connectivity index (χ0) is 10.8. The van der Waals surface area contributed by atoms with E-state index in [1.807, 2.05) is 13.0 Å². The quantitative estimate of drug-likeness (QED) is 0.806. The lowest BCUT2D eigenvalue weighted by molar-refractivity contribution is 0.394. The third-order valence-electron chi connectivity index (χ3n) is 2.03. The van der Waals surface area contributed by atoms with Gasteiger partial charge >= 0.3 is 0 Å². The van der Waals surface area contributed by atoms with E-state index in [0.29, 0.717) is 11.6 Å². The number of hydrogen-bond donors (Lipinski definition) is 1. The van der Waals surface area contributed by atoms with E-state index in [0.717, 1.165) is 11.1 Å². The molecule has 2 N–H and O–H groups in total. The Balaban J connectivity index is 2.42. The van der Waals surface area contributed by atoms with Gasteiger partial charge in [-0.3, -0.25) is 0 Å². The third-order valence-corrected chi connectivity index (χ3v) is 2.03. The van der Waals surface area contributed by atoms with Crippen molar-refractivity contribution < 1.29 is 9.15 Å². The van der Waals surface area contributed by atoms with E-state index in [-0.39, 0.29) is 6.01 Å². The number of nitrogen functional groups attached to an aromatic ring is 1. The summed E-state index contributed by atoms with van der Waals surface area (Å²) in [5, 5.41) is 0. The van der Waals surface area contributed by atoms with E-state index in [2.05, 4.69) is 9.97 Å². The van der Waals surface area contributed by atoms with E-state index < -0.39 is 0 Å². The predicted molar refractivity (Wildman–Crippen MR) is 55.4 cm³/mol. The molecule has 0 aliphatic heterocycles. The fraction of sp³-hybridized carbons (Fsp3) is 0.200. The van der Waals surface area contributed by atoms with Crippen LogP contribution in [0.3, 0.4) is 0 Å². The van der Waals surface area contributed by atoms with Gasteiger partial charge in [-0.05, 0) is 13.0 Å².